The van der Waals surface area contributed by atoms with Gasteiger partial charge in [0.2, 0.25) is 17.8 Å². The Balaban J connectivity index is 0.913. The van der Waals surface area contributed by atoms with E-state index in [2.05, 4.69) is 57.5 Å². The number of hydrogen-bond acceptors (Lipinski definition) is 9. The van der Waals surface area contributed by atoms with Gasteiger partial charge in [-0.3, -0.25) is 14.3 Å². The number of rotatable bonds is 28. The van der Waals surface area contributed by atoms with E-state index in [1.165, 1.54) is 96.3 Å². The van der Waals surface area contributed by atoms with E-state index in [4.69, 9.17) is 15.6 Å². The van der Waals surface area contributed by atoms with Crippen LogP contribution >= 0.6 is 0 Å². The van der Waals surface area contributed by atoms with Crippen LogP contribution < -0.4 is 26.0 Å². The summed E-state index contributed by atoms with van der Waals surface area (Å²) in [7, 11) is 1.69. The first-order chi connectivity index (χ1) is 28.4. The summed E-state index contributed by atoms with van der Waals surface area (Å²) in [6.45, 7) is 9.44. The van der Waals surface area contributed by atoms with Crippen molar-refractivity contribution < 1.29 is 14.3 Å². The number of piperazine rings is 1. The standard InChI is InChI=1S/C46H75N9O3/c1-4-6-8-9-10-11-12-13-14-15-16-17-18-19-20-21-25-49-45(57)38-30-36(31-38)32-42(56)54-28-26-53(27-29-54)39-23-22-37(41(33-39)58-3)34-55-35-40-43(52-55)44(48-24-7-5-2)51-46(47)50-40/h22-23,33,35-36,38H,4-21,24-32,34H2,1-3H3,(H,49,57)(H3,47,48,50,51). The van der Waals surface area contributed by atoms with Gasteiger partial charge in [-0.1, -0.05) is 123 Å². The molecule has 322 valence electrons. The average Bonchev–Trinajstić information content (AvgIpc) is 3.62. The normalized spacial score (nSPS) is 16.7. The molecule has 4 N–H and O–H groups in total. The number of methoxy groups -OCH3 is 1. The lowest BCUT2D eigenvalue weighted by Gasteiger charge is -2.39. The highest BCUT2D eigenvalue weighted by Crippen LogP contribution is 2.37. The van der Waals surface area contributed by atoms with E-state index in [-0.39, 0.29) is 23.7 Å². The van der Waals surface area contributed by atoms with Gasteiger partial charge in [-0.05, 0) is 37.7 Å². The molecule has 58 heavy (non-hydrogen) atoms. The Morgan fingerprint density at radius 3 is 2.03 bits per heavy atom. The Morgan fingerprint density at radius 2 is 1.41 bits per heavy atom. The highest BCUT2D eigenvalue weighted by atomic mass is 16.5. The first-order valence-corrected chi connectivity index (χ1v) is 23.1. The van der Waals surface area contributed by atoms with E-state index in [1.54, 1.807) is 7.11 Å². The topological polar surface area (TPSA) is 144 Å². The van der Waals surface area contributed by atoms with E-state index in [0.29, 0.717) is 48.8 Å². The third-order valence-electron chi connectivity index (χ3n) is 12.3. The number of hydrogen-bond donors (Lipinski definition) is 3. The second-order valence-corrected chi connectivity index (χ2v) is 17.0. The summed E-state index contributed by atoms with van der Waals surface area (Å²) >= 11 is 0. The molecule has 0 atom stereocenters. The second-order valence-electron chi connectivity index (χ2n) is 17.0. The van der Waals surface area contributed by atoms with Crippen molar-refractivity contribution >= 4 is 40.3 Å². The molecular weight excluding hydrogens is 727 g/mol. The fraction of sp³-hybridized carbons (Fsp3) is 0.717. The third kappa shape index (κ3) is 14.3. The van der Waals surface area contributed by atoms with Crippen molar-refractivity contribution in [2.45, 2.75) is 155 Å². The fourth-order valence-electron chi connectivity index (χ4n) is 8.54. The van der Waals surface area contributed by atoms with Crippen LogP contribution in [0.15, 0.2) is 24.4 Å². The monoisotopic (exact) mass is 802 g/mol. The lowest BCUT2D eigenvalue weighted by molar-refractivity contribution is -0.136. The van der Waals surface area contributed by atoms with Crippen molar-refractivity contribution in [2.24, 2.45) is 11.8 Å². The average molecular weight is 802 g/mol. The van der Waals surface area contributed by atoms with Gasteiger partial charge in [0.15, 0.2) is 11.3 Å². The summed E-state index contributed by atoms with van der Waals surface area (Å²) in [5.74, 6) is 2.45. The molecule has 12 heteroatoms. The predicted molar refractivity (Wildman–Crippen MR) is 237 cm³/mol. The minimum atomic E-state index is 0.0681. The number of nitrogen functional groups attached to an aromatic ring is 1. The molecule has 0 unspecified atom stereocenters. The number of nitrogens with two attached hydrogens (primary N) is 1. The zero-order valence-corrected chi connectivity index (χ0v) is 36.2. The van der Waals surface area contributed by atoms with Crippen LogP contribution in [0, 0.1) is 11.8 Å². The molecule has 5 rings (SSSR count). The number of benzene rings is 1. The van der Waals surface area contributed by atoms with Gasteiger partial charge in [0, 0.05) is 68.9 Å². The summed E-state index contributed by atoms with van der Waals surface area (Å²) in [4.78, 5) is 39.0. The van der Waals surface area contributed by atoms with Gasteiger partial charge in [-0.2, -0.15) is 10.1 Å². The number of fused-ring (bicyclic) bond motifs is 1. The summed E-state index contributed by atoms with van der Waals surface area (Å²) in [6.07, 6.45) is 27.9. The third-order valence-corrected chi connectivity index (χ3v) is 12.3. The zero-order chi connectivity index (χ0) is 41.0. The maximum absolute atomic E-state index is 13.2. The van der Waals surface area contributed by atoms with Crippen LogP contribution in [-0.2, 0) is 16.1 Å². The Labute approximate surface area is 348 Å². The van der Waals surface area contributed by atoms with Gasteiger partial charge in [0.25, 0.3) is 0 Å². The van der Waals surface area contributed by atoms with E-state index in [0.717, 1.165) is 75.3 Å². The first kappa shape index (κ1) is 45.0. The van der Waals surface area contributed by atoms with Crippen LogP contribution in [0.2, 0.25) is 0 Å². The number of nitrogens with one attached hydrogen (secondary N) is 2. The number of aromatic nitrogens is 4. The molecule has 2 fully saturated rings. The molecular formula is C46H75N9O3. The SMILES string of the molecule is CCCCCCCCCCCCCCCCCCNC(=O)C1CC(CC(=O)N2CCN(c3ccc(Cn4cc5nc(N)nc(NCCCC)c5n4)c(OC)c3)CC2)C1. The molecule has 2 aliphatic rings. The molecule has 0 radical (unpaired) electrons. The number of nitrogens with zero attached hydrogens (tertiary/aromatic N) is 6. The second kappa shape index (κ2) is 24.7. The maximum atomic E-state index is 13.2. The minimum absolute atomic E-state index is 0.0681. The number of amides is 2. The number of unbranched alkanes of at least 4 members (excludes halogenated alkanes) is 16. The molecule has 2 amide bonds. The molecule has 3 aromatic rings. The van der Waals surface area contributed by atoms with Crippen molar-refractivity contribution in [1.29, 1.82) is 0 Å². The molecule has 12 nitrogen and oxygen atoms in total. The Bertz CT molecular complexity index is 1670. The maximum Gasteiger partial charge on any atom is 0.223 e. The van der Waals surface area contributed by atoms with Gasteiger partial charge < -0.3 is 30.9 Å². The lowest BCUT2D eigenvalue weighted by Crippen LogP contribution is -2.49. The van der Waals surface area contributed by atoms with Gasteiger partial charge in [-0.25, -0.2) is 4.98 Å². The molecule has 0 bridgehead atoms. The highest BCUT2D eigenvalue weighted by molar-refractivity contribution is 5.86. The van der Waals surface area contributed by atoms with Crippen molar-refractivity contribution in [3.63, 3.8) is 0 Å². The first-order valence-electron chi connectivity index (χ1n) is 23.1. The van der Waals surface area contributed by atoms with Crippen LogP contribution in [-0.4, -0.2) is 82.8 Å². The van der Waals surface area contributed by atoms with Crippen LogP contribution in [0.1, 0.15) is 154 Å². The fourth-order valence-corrected chi connectivity index (χ4v) is 8.54. The zero-order valence-electron chi connectivity index (χ0n) is 36.2. The Hall–Kier alpha value is -4.09. The molecule has 3 heterocycles. The molecule has 2 aromatic heterocycles. The van der Waals surface area contributed by atoms with Crippen molar-refractivity contribution in [3.05, 3.63) is 30.0 Å². The summed E-state index contributed by atoms with van der Waals surface area (Å²) < 4.78 is 7.68. The number of anilines is 3. The van der Waals surface area contributed by atoms with Gasteiger partial charge in [0.05, 0.1) is 19.9 Å². The van der Waals surface area contributed by atoms with Gasteiger partial charge in [0.1, 0.15) is 11.3 Å². The predicted octanol–water partition coefficient (Wildman–Crippen LogP) is 9.12. The van der Waals surface area contributed by atoms with Crippen molar-refractivity contribution in [1.82, 2.24) is 30.0 Å². The number of ether oxygens (including phenoxy) is 1. The largest absolute Gasteiger partial charge is 0.496 e. The molecule has 0 spiro atoms. The van der Waals surface area contributed by atoms with Gasteiger partial charge in [-0.15, -0.1) is 0 Å². The minimum Gasteiger partial charge on any atom is -0.496 e. The number of carbonyl (C=O) groups is 2. The van der Waals surface area contributed by atoms with Crippen LogP contribution in [0.25, 0.3) is 11.0 Å². The lowest BCUT2D eigenvalue weighted by atomic mass is 9.72. The number of carbonyl (C=O) groups excluding carboxylic acids is 2. The van der Waals surface area contributed by atoms with Crippen LogP contribution in [0.4, 0.5) is 17.5 Å². The summed E-state index contributed by atoms with van der Waals surface area (Å²) in [6, 6.07) is 6.28. The van der Waals surface area contributed by atoms with E-state index in [1.807, 2.05) is 15.8 Å². The van der Waals surface area contributed by atoms with Crippen molar-refractivity contribution in [3.8, 4) is 5.75 Å². The van der Waals surface area contributed by atoms with E-state index < -0.39 is 0 Å². The molecule has 1 aliphatic heterocycles. The Morgan fingerprint density at radius 1 is 0.793 bits per heavy atom. The Kier molecular flexibility index (Phi) is 19.2. The summed E-state index contributed by atoms with van der Waals surface area (Å²) in [5.41, 5.74) is 9.47. The molecule has 1 aromatic carbocycles. The van der Waals surface area contributed by atoms with E-state index in [9.17, 15) is 9.59 Å². The van der Waals surface area contributed by atoms with Gasteiger partial charge >= 0.3 is 0 Å². The van der Waals surface area contributed by atoms with Crippen LogP contribution in [0.5, 0.6) is 5.75 Å². The summed E-state index contributed by atoms with van der Waals surface area (Å²) in [5, 5.41) is 11.3. The molecule has 1 saturated heterocycles. The van der Waals surface area contributed by atoms with E-state index >= 15 is 0 Å². The van der Waals surface area contributed by atoms with Crippen molar-refractivity contribution in [2.75, 3.05) is 62.3 Å². The highest BCUT2D eigenvalue weighted by Gasteiger charge is 2.36. The molecule has 1 aliphatic carbocycles. The quantitative estimate of drug-likeness (QED) is 0.0613. The molecule has 1 saturated carbocycles. The smallest absolute Gasteiger partial charge is 0.223 e. The van der Waals surface area contributed by atoms with Crippen LogP contribution in [0.3, 0.4) is 0 Å².